The first-order valence-electron chi connectivity index (χ1n) is 5.81. The van der Waals surface area contributed by atoms with Gasteiger partial charge in [-0.25, -0.2) is 0 Å². The molecule has 0 heterocycles. The zero-order valence-corrected chi connectivity index (χ0v) is 10.4. The van der Waals surface area contributed by atoms with Gasteiger partial charge >= 0.3 is 0 Å². The van der Waals surface area contributed by atoms with Crippen molar-refractivity contribution < 1.29 is 14.8 Å². The second-order valence-corrected chi connectivity index (χ2v) is 4.05. The van der Waals surface area contributed by atoms with Crippen molar-refractivity contribution in [3.05, 3.63) is 75.8 Å². The predicted molar refractivity (Wildman–Crippen MR) is 72.3 cm³/mol. The van der Waals surface area contributed by atoms with Crippen molar-refractivity contribution >= 4 is 17.5 Å². The summed E-state index contributed by atoms with van der Waals surface area (Å²) in [6.45, 7) is 0. The zero-order chi connectivity index (χ0) is 14.5. The Hall–Kier alpha value is -2.95. The number of carbonyl (C=O) groups is 1. The van der Waals surface area contributed by atoms with E-state index in [-0.39, 0.29) is 5.78 Å². The third-order valence-corrected chi connectivity index (χ3v) is 2.67. The van der Waals surface area contributed by atoms with Gasteiger partial charge in [-0.3, -0.25) is 14.9 Å². The lowest BCUT2D eigenvalue weighted by molar-refractivity contribution is -0.398. The highest BCUT2D eigenvalue weighted by molar-refractivity contribution is 6.06. The van der Waals surface area contributed by atoms with Gasteiger partial charge < -0.3 is 5.11 Å². The molecule has 0 aliphatic rings. The van der Waals surface area contributed by atoms with Gasteiger partial charge in [-0.1, -0.05) is 48.5 Å². The van der Waals surface area contributed by atoms with E-state index in [0.29, 0.717) is 11.1 Å². The lowest BCUT2D eigenvalue weighted by atomic mass is 10.1. The Labute approximate surface area is 115 Å². The summed E-state index contributed by atoms with van der Waals surface area (Å²) in [6.07, 6.45) is 2.76. The third kappa shape index (κ3) is 3.08. The van der Waals surface area contributed by atoms with Gasteiger partial charge in [0.15, 0.2) is 5.78 Å². The molecule has 5 nitrogen and oxygen atoms in total. The first-order chi connectivity index (χ1) is 9.58. The number of allylic oxidation sites excluding steroid dienone is 1. The first kappa shape index (κ1) is 13.5. The normalized spacial score (nSPS) is 10.6. The fourth-order valence-electron chi connectivity index (χ4n) is 1.65. The van der Waals surface area contributed by atoms with E-state index < -0.39 is 16.4 Å². The first-order valence-corrected chi connectivity index (χ1v) is 5.81. The minimum absolute atomic E-state index is 0.209. The summed E-state index contributed by atoms with van der Waals surface area (Å²) in [5.74, 6) is -0.860. The number of benzene rings is 2. The van der Waals surface area contributed by atoms with Crippen LogP contribution in [-0.2, 0) is 0 Å². The predicted octanol–water partition coefficient (Wildman–Crippen LogP) is 2.56. The molecule has 0 aliphatic carbocycles. The summed E-state index contributed by atoms with van der Waals surface area (Å²) < 4.78 is 0. The summed E-state index contributed by atoms with van der Waals surface area (Å²) in [4.78, 5) is 21.7. The summed E-state index contributed by atoms with van der Waals surface area (Å²) in [5, 5.41) is 21.9. The van der Waals surface area contributed by atoms with E-state index in [2.05, 4.69) is 0 Å². The van der Waals surface area contributed by atoms with Gasteiger partial charge in [0.1, 0.15) is 0 Å². The number of carbonyl (C=O) groups excluding carboxylic acids is 1. The molecule has 2 aromatic rings. The third-order valence-electron chi connectivity index (χ3n) is 2.67. The van der Waals surface area contributed by atoms with Crippen LogP contribution in [0.1, 0.15) is 15.9 Å². The molecule has 0 radical (unpaired) electrons. The Balaban J connectivity index is 2.22. The second kappa shape index (κ2) is 5.79. The van der Waals surface area contributed by atoms with Gasteiger partial charge in [-0.05, 0) is 17.4 Å². The van der Waals surface area contributed by atoms with E-state index >= 15 is 0 Å². The molecule has 2 aromatic carbocycles. The van der Waals surface area contributed by atoms with Crippen LogP contribution in [0.2, 0.25) is 0 Å². The molecule has 0 bridgehead atoms. The van der Waals surface area contributed by atoms with Gasteiger partial charge in [-0.15, -0.1) is 0 Å². The standard InChI is InChI=1S/C15H11NO4/c17-14(12-4-2-1-3-5-12)8-6-11-7-9-15(18)13(10-11)16(19)20/h1-10,18H/p-1/b8-6+. The average Bonchev–Trinajstić information content (AvgIpc) is 2.46. The molecule has 5 heteroatoms. The van der Waals surface area contributed by atoms with E-state index in [1.54, 1.807) is 30.3 Å². The van der Waals surface area contributed by atoms with Crippen molar-refractivity contribution in [1.29, 1.82) is 0 Å². The number of ketones is 1. The summed E-state index contributed by atoms with van der Waals surface area (Å²) in [6, 6.07) is 12.4. The van der Waals surface area contributed by atoms with Crippen LogP contribution in [0.4, 0.5) is 5.69 Å². The molecule has 0 aliphatic heterocycles. The van der Waals surface area contributed by atoms with Gasteiger partial charge in [-0.2, -0.15) is 0 Å². The van der Waals surface area contributed by atoms with Crippen LogP contribution in [-0.4, -0.2) is 10.7 Å². The number of hydrogen-bond acceptors (Lipinski definition) is 4. The smallest absolute Gasteiger partial charge is 0.262 e. The molecule has 0 atom stereocenters. The van der Waals surface area contributed by atoms with Gasteiger partial charge in [0.25, 0.3) is 5.69 Å². The maximum absolute atomic E-state index is 11.8. The van der Waals surface area contributed by atoms with Crippen LogP contribution in [0.15, 0.2) is 54.6 Å². The Kier molecular flexibility index (Phi) is 3.91. The highest BCUT2D eigenvalue weighted by atomic mass is 16.6. The van der Waals surface area contributed by atoms with Crippen LogP contribution < -0.4 is 5.11 Å². The maximum Gasteiger partial charge on any atom is 0.262 e. The minimum atomic E-state index is -0.737. The van der Waals surface area contributed by atoms with Crippen molar-refractivity contribution in [2.75, 3.05) is 0 Å². The van der Waals surface area contributed by atoms with E-state index in [0.717, 1.165) is 12.1 Å². The van der Waals surface area contributed by atoms with Crippen molar-refractivity contribution in [3.8, 4) is 5.75 Å². The molecule has 0 N–H and O–H groups in total. The Bertz CT molecular complexity index is 678. The molecule has 0 saturated heterocycles. The maximum atomic E-state index is 11.8. The van der Waals surface area contributed by atoms with E-state index in [1.165, 1.54) is 18.2 Å². The van der Waals surface area contributed by atoms with Crippen LogP contribution in [0.5, 0.6) is 5.75 Å². The minimum Gasteiger partial charge on any atom is -0.868 e. The van der Waals surface area contributed by atoms with Crippen molar-refractivity contribution in [3.63, 3.8) is 0 Å². The monoisotopic (exact) mass is 268 g/mol. The average molecular weight is 268 g/mol. The fourth-order valence-corrected chi connectivity index (χ4v) is 1.65. The van der Waals surface area contributed by atoms with E-state index in [4.69, 9.17) is 0 Å². The number of rotatable bonds is 4. The largest absolute Gasteiger partial charge is 0.868 e. The number of nitrogens with zero attached hydrogens (tertiary/aromatic N) is 1. The van der Waals surface area contributed by atoms with Gasteiger partial charge in [0.05, 0.1) is 4.92 Å². The van der Waals surface area contributed by atoms with E-state index in [1.807, 2.05) is 0 Å². The highest BCUT2D eigenvalue weighted by Crippen LogP contribution is 2.24. The molecule has 0 saturated carbocycles. The lowest BCUT2D eigenvalue weighted by Gasteiger charge is -2.06. The number of hydrogen-bond donors (Lipinski definition) is 0. The molecule has 0 amide bonds. The van der Waals surface area contributed by atoms with Crippen LogP contribution in [0, 0.1) is 10.1 Å². The Morgan fingerprint density at radius 3 is 2.45 bits per heavy atom. The summed E-state index contributed by atoms with van der Waals surface area (Å²) in [5.41, 5.74) is 0.457. The second-order valence-electron chi connectivity index (χ2n) is 4.05. The lowest BCUT2D eigenvalue weighted by Crippen LogP contribution is -1.98. The zero-order valence-electron chi connectivity index (χ0n) is 10.4. The molecule has 0 spiro atoms. The molecule has 2 rings (SSSR count). The Morgan fingerprint density at radius 2 is 1.80 bits per heavy atom. The van der Waals surface area contributed by atoms with Crippen LogP contribution in [0.25, 0.3) is 6.08 Å². The molecule has 0 unspecified atom stereocenters. The Morgan fingerprint density at radius 1 is 1.10 bits per heavy atom. The van der Waals surface area contributed by atoms with Gasteiger partial charge in [0.2, 0.25) is 0 Å². The topological polar surface area (TPSA) is 83.3 Å². The molecule has 20 heavy (non-hydrogen) atoms. The van der Waals surface area contributed by atoms with Crippen LogP contribution >= 0.6 is 0 Å². The quantitative estimate of drug-likeness (QED) is 0.369. The molecule has 0 fully saturated rings. The summed E-state index contributed by atoms with van der Waals surface area (Å²) in [7, 11) is 0. The van der Waals surface area contributed by atoms with Crippen molar-refractivity contribution in [2.24, 2.45) is 0 Å². The van der Waals surface area contributed by atoms with Crippen LogP contribution in [0.3, 0.4) is 0 Å². The SMILES string of the molecule is O=C(/C=C/c1ccc([O-])c([N+](=O)[O-])c1)c1ccccc1. The van der Waals surface area contributed by atoms with E-state index in [9.17, 15) is 20.0 Å². The fraction of sp³-hybridized carbons (Fsp3) is 0. The molecule has 100 valence electrons. The summed E-state index contributed by atoms with van der Waals surface area (Å²) >= 11 is 0. The number of nitro benzene ring substituents is 1. The van der Waals surface area contributed by atoms with Crippen molar-refractivity contribution in [1.82, 2.24) is 0 Å². The van der Waals surface area contributed by atoms with Gasteiger partial charge in [0, 0.05) is 11.6 Å². The molecule has 0 aromatic heterocycles. The molecular weight excluding hydrogens is 258 g/mol. The molecular formula is C15H10NO4-. The number of nitro groups is 1. The highest BCUT2D eigenvalue weighted by Gasteiger charge is 2.07. The van der Waals surface area contributed by atoms with Crippen molar-refractivity contribution in [2.45, 2.75) is 0 Å².